The third-order valence-corrected chi connectivity index (χ3v) is 4.78. The van der Waals surface area contributed by atoms with Gasteiger partial charge in [-0.2, -0.15) is 0 Å². The monoisotopic (exact) mass is 331 g/mol. The second kappa shape index (κ2) is 8.29. The molecule has 1 aliphatic carbocycles. The van der Waals surface area contributed by atoms with Gasteiger partial charge in [0.2, 0.25) is 11.8 Å². The van der Waals surface area contributed by atoms with Gasteiger partial charge >= 0.3 is 0 Å². The molecule has 1 fully saturated rings. The second-order valence-electron chi connectivity index (χ2n) is 7.04. The summed E-state index contributed by atoms with van der Waals surface area (Å²) >= 11 is 0. The average molecular weight is 331 g/mol. The van der Waals surface area contributed by atoms with E-state index in [-0.39, 0.29) is 23.9 Å². The first-order valence-corrected chi connectivity index (χ1v) is 8.78. The van der Waals surface area contributed by atoms with E-state index in [2.05, 4.69) is 5.32 Å². The summed E-state index contributed by atoms with van der Waals surface area (Å²) in [6.07, 6.45) is 3.68. The quantitative estimate of drug-likeness (QED) is 0.841. The van der Waals surface area contributed by atoms with Crippen LogP contribution in [0.25, 0.3) is 0 Å². The van der Waals surface area contributed by atoms with Crippen LogP contribution in [0.3, 0.4) is 0 Å². The smallest absolute Gasteiger partial charge is 0.224 e. The molecule has 2 atom stereocenters. The molecule has 2 rings (SSSR count). The Morgan fingerprint density at radius 2 is 1.92 bits per heavy atom. The van der Waals surface area contributed by atoms with E-state index in [1.807, 2.05) is 43.0 Å². The number of nitrogens with one attached hydrogen (secondary N) is 1. The van der Waals surface area contributed by atoms with Crippen molar-refractivity contribution in [3.05, 3.63) is 29.8 Å². The normalized spacial score (nSPS) is 20.2. The Hall–Kier alpha value is -1.88. The van der Waals surface area contributed by atoms with E-state index in [9.17, 15) is 9.59 Å². The van der Waals surface area contributed by atoms with E-state index in [0.29, 0.717) is 18.9 Å². The Kier molecular flexibility index (Phi) is 6.37. The summed E-state index contributed by atoms with van der Waals surface area (Å²) in [5.41, 5.74) is 7.86. The lowest BCUT2D eigenvalue weighted by molar-refractivity contribution is -0.131. The minimum atomic E-state index is 0.0256. The van der Waals surface area contributed by atoms with Gasteiger partial charge in [-0.1, -0.05) is 18.6 Å². The number of benzene rings is 1. The minimum Gasteiger partial charge on any atom is -0.336 e. The van der Waals surface area contributed by atoms with Gasteiger partial charge in [0.05, 0.1) is 0 Å². The third-order valence-electron chi connectivity index (χ3n) is 4.78. The fourth-order valence-electron chi connectivity index (χ4n) is 3.32. The molecule has 3 N–H and O–H groups in total. The molecule has 1 aliphatic rings. The third kappa shape index (κ3) is 5.06. The second-order valence-corrected chi connectivity index (χ2v) is 7.04. The number of nitrogens with zero attached hydrogens (tertiary/aromatic N) is 1. The molecule has 0 spiro atoms. The molecule has 24 heavy (non-hydrogen) atoms. The van der Waals surface area contributed by atoms with Gasteiger partial charge in [0, 0.05) is 37.7 Å². The molecule has 5 nitrogen and oxygen atoms in total. The van der Waals surface area contributed by atoms with Crippen LogP contribution in [0.4, 0.5) is 5.69 Å². The van der Waals surface area contributed by atoms with E-state index >= 15 is 0 Å². The molecule has 0 unspecified atom stereocenters. The molecule has 0 saturated heterocycles. The molecule has 0 heterocycles. The molecule has 1 aromatic rings. The first-order chi connectivity index (χ1) is 11.4. The molecule has 0 radical (unpaired) electrons. The van der Waals surface area contributed by atoms with Gasteiger partial charge in [0.1, 0.15) is 0 Å². The van der Waals surface area contributed by atoms with Crippen molar-refractivity contribution in [3.8, 4) is 0 Å². The van der Waals surface area contributed by atoms with E-state index in [1.165, 1.54) is 0 Å². The summed E-state index contributed by atoms with van der Waals surface area (Å²) in [5, 5.41) is 2.94. The number of carbonyl (C=O) groups is 2. The molecule has 0 aliphatic heterocycles. The first kappa shape index (κ1) is 18.5. The summed E-state index contributed by atoms with van der Waals surface area (Å²) in [6, 6.07) is 8.01. The highest BCUT2D eigenvalue weighted by Crippen LogP contribution is 2.27. The maximum atomic E-state index is 12.1. The highest BCUT2D eigenvalue weighted by Gasteiger charge is 2.26. The van der Waals surface area contributed by atoms with Crippen LogP contribution in [0, 0.1) is 5.92 Å². The first-order valence-electron chi connectivity index (χ1n) is 8.78. The number of rotatable bonds is 6. The summed E-state index contributed by atoms with van der Waals surface area (Å²) in [4.78, 5) is 25.6. The summed E-state index contributed by atoms with van der Waals surface area (Å²) in [5.74, 6) is 0.396. The Bertz CT molecular complexity index is 568. The van der Waals surface area contributed by atoms with Gasteiger partial charge in [-0.25, -0.2) is 0 Å². The number of carbonyl (C=O) groups excluding carboxylic acids is 2. The lowest BCUT2D eigenvalue weighted by atomic mass is 10.00. The number of amides is 2. The lowest BCUT2D eigenvalue weighted by Gasteiger charge is -2.25. The number of hydrogen-bond acceptors (Lipinski definition) is 3. The predicted molar refractivity (Wildman–Crippen MR) is 96.4 cm³/mol. The molecular formula is C19H29N3O2. The van der Waals surface area contributed by atoms with Crippen molar-refractivity contribution < 1.29 is 9.59 Å². The van der Waals surface area contributed by atoms with Crippen molar-refractivity contribution in [2.45, 2.75) is 65.1 Å². The highest BCUT2D eigenvalue weighted by atomic mass is 16.2. The Morgan fingerprint density at radius 1 is 1.25 bits per heavy atom. The van der Waals surface area contributed by atoms with E-state index < -0.39 is 0 Å². The molecule has 5 heteroatoms. The SMILES string of the molecule is CC(=O)N(Cc1ccc(NC(=O)C[C@@H]2CCC[C@H]2N)cc1)C(C)C. The molecular weight excluding hydrogens is 302 g/mol. The summed E-state index contributed by atoms with van der Waals surface area (Å²) in [7, 11) is 0. The Labute approximate surface area is 144 Å². The molecule has 0 aromatic heterocycles. The van der Waals surface area contributed by atoms with Crippen LogP contribution >= 0.6 is 0 Å². The van der Waals surface area contributed by atoms with Crippen molar-refractivity contribution in [1.82, 2.24) is 4.90 Å². The predicted octanol–water partition coefficient (Wildman–Crippen LogP) is 2.90. The van der Waals surface area contributed by atoms with Gasteiger partial charge in [0.25, 0.3) is 0 Å². The van der Waals surface area contributed by atoms with Crippen LogP contribution in [0.1, 0.15) is 52.0 Å². The maximum absolute atomic E-state index is 12.1. The average Bonchev–Trinajstić information content (AvgIpc) is 2.90. The lowest BCUT2D eigenvalue weighted by Crippen LogP contribution is -2.34. The number of hydrogen-bond donors (Lipinski definition) is 2. The largest absolute Gasteiger partial charge is 0.336 e. The Balaban J connectivity index is 1.89. The molecule has 2 amide bonds. The molecule has 0 bridgehead atoms. The summed E-state index contributed by atoms with van der Waals surface area (Å²) < 4.78 is 0. The zero-order chi connectivity index (χ0) is 17.7. The van der Waals surface area contributed by atoms with Crippen LogP contribution in [0.5, 0.6) is 0 Å². The standard InChI is InChI=1S/C19H29N3O2/c1-13(2)22(14(3)23)12-15-7-9-17(10-8-15)21-19(24)11-16-5-4-6-18(16)20/h7-10,13,16,18H,4-6,11-12,20H2,1-3H3,(H,21,24)/t16-,18+/m0/s1. The zero-order valence-electron chi connectivity index (χ0n) is 14.9. The van der Waals surface area contributed by atoms with Crippen molar-refractivity contribution in [2.24, 2.45) is 11.7 Å². The molecule has 132 valence electrons. The van der Waals surface area contributed by atoms with Crippen molar-refractivity contribution >= 4 is 17.5 Å². The van der Waals surface area contributed by atoms with E-state index in [4.69, 9.17) is 5.73 Å². The van der Waals surface area contributed by atoms with Crippen LogP contribution in [-0.4, -0.2) is 28.8 Å². The molecule has 1 aromatic carbocycles. The van der Waals surface area contributed by atoms with Gasteiger partial charge in [-0.15, -0.1) is 0 Å². The van der Waals surface area contributed by atoms with Gasteiger partial charge in [0.15, 0.2) is 0 Å². The van der Waals surface area contributed by atoms with Crippen LogP contribution in [0.2, 0.25) is 0 Å². The maximum Gasteiger partial charge on any atom is 0.224 e. The topological polar surface area (TPSA) is 75.4 Å². The number of nitrogens with two attached hydrogens (primary N) is 1. The van der Waals surface area contributed by atoms with Crippen molar-refractivity contribution in [1.29, 1.82) is 0 Å². The highest BCUT2D eigenvalue weighted by molar-refractivity contribution is 5.90. The van der Waals surface area contributed by atoms with Crippen LogP contribution in [0.15, 0.2) is 24.3 Å². The van der Waals surface area contributed by atoms with E-state index in [0.717, 1.165) is 30.5 Å². The van der Waals surface area contributed by atoms with Crippen LogP contribution in [-0.2, 0) is 16.1 Å². The van der Waals surface area contributed by atoms with Crippen molar-refractivity contribution in [3.63, 3.8) is 0 Å². The van der Waals surface area contributed by atoms with Gasteiger partial charge in [-0.3, -0.25) is 9.59 Å². The fraction of sp³-hybridized carbons (Fsp3) is 0.579. The zero-order valence-corrected chi connectivity index (χ0v) is 14.9. The molecule has 1 saturated carbocycles. The van der Waals surface area contributed by atoms with E-state index in [1.54, 1.807) is 6.92 Å². The van der Waals surface area contributed by atoms with Gasteiger partial charge < -0.3 is 16.0 Å². The van der Waals surface area contributed by atoms with Crippen molar-refractivity contribution in [2.75, 3.05) is 5.32 Å². The summed E-state index contributed by atoms with van der Waals surface area (Å²) in [6.45, 7) is 6.17. The number of anilines is 1. The van der Waals surface area contributed by atoms with Gasteiger partial charge in [-0.05, 0) is 50.3 Å². The fourth-order valence-corrected chi connectivity index (χ4v) is 3.32. The van der Waals surface area contributed by atoms with Crippen LogP contribution < -0.4 is 11.1 Å². The Morgan fingerprint density at radius 3 is 2.42 bits per heavy atom. The minimum absolute atomic E-state index is 0.0256.